The summed E-state index contributed by atoms with van der Waals surface area (Å²) in [5.41, 5.74) is 2.65. The lowest BCUT2D eigenvalue weighted by Gasteiger charge is -2.26. The van der Waals surface area contributed by atoms with Crippen molar-refractivity contribution < 1.29 is 19.1 Å². The number of nitrogens with one attached hydrogen (secondary N) is 1. The Labute approximate surface area is 207 Å². The molecule has 33 heavy (non-hydrogen) atoms. The summed E-state index contributed by atoms with van der Waals surface area (Å²) in [5, 5.41) is 2.24. The monoisotopic (exact) mass is 568 g/mol. The molecule has 0 unspecified atom stereocenters. The Balaban J connectivity index is 1.72. The van der Waals surface area contributed by atoms with Crippen molar-refractivity contribution in [1.29, 1.82) is 0 Å². The number of anilines is 1. The molecule has 1 aliphatic heterocycles. The first-order valence-corrected chi connectivity index (χ1v) is 11.6. The number of urea groups is 1. The maximum atomic E-state index is 13.2. The second-order valence-corrected chi connectivity index (χ2v) is 9.14. The molecule has 3 aromatic carbocycles. The zero-order valence-corrected chi connectivity index (χ0v) is 20.6. The van der Waals surface area contributed by atoms with Gasteiger partial charge in [-0.2, -0.15) is 0 Å². The van der Waals surface area contributed by atoms with Crippen LogP contribution >= 0.6 is 31.9 Å². The van der Waals surface area contributed by atoms with Crippen molar-refractivity contribution in [3.63, 3.8) is 0 Å². The standard InChI is InChI=1S/C25H18Br2N2O4/c1-15-7-9-19(10-8-15)29-24(31)20(23(30)28-25(29)32)12-17-11-18(26)13-21(27)22(17)33-14-16-5-3-2-4-6-16/h2-13H,14H2,1H3,(H,28,30,32)/b20-12+. The Morgan fingerprint density at radius 2 is 1.67 bits per heavy atom. The molecule has 0 bridgehead atoms. The Bertz CT molecular complexity index is 1270. The van der Waals surface area contributed by atoms with Crippen molar-refractivity contribution >= 4 is 61.5 Å². The van der Waals surface area contributed by atoms with Gasteiger partial charge in [0.25, 0.3) is 11.8 Å². The minimum absolute atomic E-state index is 0.176. The molecule has 1 heterocycles. The minimum atomic E-state index is -0.790. The minimum Gasteiger partial charge on any atom is -0.487 e. The van der Waals surface area contributed by atoms with Gasteiger partial charge in [0.05, 0.1) is 10.2 Å². The number of barbiturate groups is 1. The van der Waals surface area contributed by atoms with Crippen LogP contribution in [0.15, 0.2) is 81.2 Å². The van der Waals surface area contributed by atoms with Crippen LogP contribution in [0.3, 0.4) is 0 Å². The molecule has 166 valence electrons. The number of hydrogen-bond acceptors (Lipinski definition) is 4. The molecule has 3 aromatic rings. The number of benzene rings is 3. The van der Waals surface area contributed by atoms with Crippen LogP contribution < -0.4 is 15.0 Å². The summed E-state index contributed by atoms with van der Waals surface area (Å²) in [5.74, 6) is -1.01. The molecule has 4 rings (SSSR count). The second kappa shape index (κ2) is 9.72. The number of aryl methyl sites for hydroxylation is 1. The average molecular weight is 570 g/mol. The SMILES string of the molecule is Cc1ccc(N2C(=O)NC(=O)/C(=C\c3cc(Br)cc(Br)c3OCc3ccccc3)C2=O)cc1. The largest absolute Gasteiger partial charge is 0.487 e. The lowest BCUT2D eigenvalue weighted by Crippen LogP contribution is -2.54. The van der Waals surface area contributed by atoms with Crippen molar-refractivity contribution in [1.82, 2.24) is 5.32 Å². The van der Waals surface area contributed by atoms with Gasteiger partial charge in [-0.3, -0.25) is 14.9 Å². The molecule has 8 heteroatoms. The lowest BCUT2D eigenvalue weighted by atomic mass is 10.1. The van der Waals surface area contributed by atoms with E-state index >= 15 is 0 Å². The van der Waals surface area contributed by atoms with Crippen LogP contribution in [0.5, 0.6) is 5.75 Å². The summed E-state index contributed by atoms with van der Waals surface area (Å²) in [4.78, 5) is 39.2. The van der Waals surface area contributed by atoms with E-state index in [9.17, 15) is 14.4 Å². The number of halogens is 2. The van der Waals surface area contributed by atoms with E-state index in [2.05, 4.69) is 37.2 Å². The molecule has 1 aliphatic rings. The highest BCUT2D eigenvalue weighted by Crippen LogP contribution is 2.35. The van der Waals surface area contributed by atoms with Crippen molar-refractivity contribution in [2.24, 2.45) is 0 Å². The number of nitrogens with zero attached hydrogens (tertiary/aromatic N) is 1. The predicted molar refractivity (Wildman–Crippen MR) is 133 cm³/mol. The van der Waals surface area contributed by atoms with Crippen LogP contribution in [0.25, 0.3) is 6.08 Å². The molecule has 4 amide bonds. The van der Waals surface area contributed by atoms with Gasteiger partial charge in [0, 0.05) is 10.0 Å². The van der Waals surface area contributed by atoms with Crippen molar-refractivity contribution in [3.8, 4) is 5.75 Å². The van der Waals surface area contributed by atoms with E-state index in [-0.39, 0.29) is 5.57 Å². The molecular formula is C25H18Br2N2O4. The first kappa shape index (κ1) is 22.9. The Kier molecular flexibility index (Phi) is 6.76. The number of hydrogen-bond donors (Lipinski definition) is 1. The molecule has 0 spiro atoms. The number of ether oxygens (including phenoxy) is 1. The summed E-state index contributed by atoms with van der Waals surface area (Å²) in [6, 6.07) is 19.3. The number of carbonyl (C=O) groups excluding carboxylic acids is 3. The normalized spacial score (nSPS) is 15.1. The molecule has 0 aromatic heterocycles. The molecule has 0 saturated carbocycles. The van der Waals surface area contributed by atoms with E-state index in [1.165, 1.54) is 6.08 Å². The summed E-state index contributed by atoms with van der Waals surface area (Å²) in [6.07, 6.45) is 1.43. The molecule has 6 nitrogen and oxygen atoms in total. The van der Waals surface area contributed by atoms with Crippen LogP contribution in [0.4, 0.5) is 10.5 Å². The molecule has 0 aliphatic carbocycles. The van der Waals surface area contributed by atoms with E-state index in [1.54, 1.807) is 30.3 Å². The third kappa shape index (κ3) is 5.07. The fraction of sp³-hybridized carbons (Fsp3) is 0.0800. The van der Waals surface area contributed by atoms with Crippen molar-refractivity contribution in [2.45, 2.75) is 13.5 Å². The lowest BCUT2D eigenvalue weighted by molar-refractivity contribution is -0.122. The van der Waals surface area contributed by atoms with Crippen LogP contribution in [-0.4, -0.2) is 17.8 Å². The van der Waals surface area contributed by atoms with E-state index in [1.807, 2.05) is 43.3 Å². The third-order valence-corrected chi connectivity index (χ3v) is 6.00. The number of carbonyl (C=O) groups is 3. The van der Waals surface area contributed by atoms with Gasteiger partial charge in [-0.1, -0.05) is 64.0 Å². The van der Waals surface area contributed by atoms with Crippen LogP contribution in [0.2, 0.25) is 0 Å². The topological polar surface area (TPSA) is 75.7 Å². The maximum absolute atomic E-state index is 13.2. The number of amides is 4. The van der Waals surface area contributed by atoms with Crippen molar-refractivity contribution in [3.05, 3.63) is 97.9 Å². The average Bonchev–Trinajstić information content (AvgIpc) is 2.78. The highest BCUT2D eigenvalue weighted by molar-refractivity contribution is 9.11. The third-order valence-electron chi connectivity index (χ3n) is 4.96. The smallest absolute Gasteiger partial charge is 0.335 e. The highest BCUT2D eigenvalue weighted by atomic mass is 79.9. The number of imide groups is 2. The van der Waals surface area contributed by atoms with E-state index in [0.717, 1.165) is 20.5 Å². The summed E-state index contributed by atoms with van der Waals surface area (Å²) in [7, 11) is 0. The van der Waals surface area contributed by atoms with Crippen molar-refractivity contribution in [2.75, 3.05) is 4.90 Å². The Morgan fingerprint density at radius 3 is 2.36 bits per heavy atom. The quantitative estimate of drug-likeness (QED) is 0.313. The van der Waals surface area contributed by atoms with Gasteiger partial charge >= 0.3 is 6.03 Å². The van der Waals surface area contributed by atoms with Gasteiger partial charge in [0.2, 0.25) is 0 Å². The second-order valence-electron chi connectivity index (χ2n) is 7.37. The zero-order valence-electron chi connectivity index (χ0n) is 17.5. The predicted octanol–water partition coefficient (Wildman–Crippen LogP) is 5.77. The summed E-state index contributed by atoms with van der Waals surface area (Å²) in [6.45, 7) is 2.20. The summed E-state index contributed by atoms with van der Waals surface area (Å²) < 4.78 is 7.40. The Morgan fingerprint density at radius 1 is 0.970 bits per heavy atom. The van der Waals surface area contributed by atoms with E-state index < -0.39 is 17.8 Å². The van der Waals surface area contributed by atoms with Crippen LogP contribution in [0, 0.1) is 6.92 Å². The fourth-order valence-electron chi connectivity index (χ4n) is 3.31. The summed E-state index contributed by atoms with van der Waals surface area (Å²) >= 11 is 6.94. The van der Waals surface area contributed by atoms with Gasteiger partial charge < -0.3 is 4.74 Å². The zero-order chi connectivity index (χ0) is 23.5. The first-order valence-electron chi connectivity index (χ1n) is 9.97. The molecule has 1 N–H and O–H groups in total. The van der Waals surface area contributed by atoms with E-state index in [4.69, 9.17) is 4.74 Å². The molecule has 1 fully saturated rings. The molecule has 0 radical (unpaired) electrons. The number of rotatable bonds is 5. The highest BCUT2D eigenvalue weighted by Gasteiger charge is 2.37. The Hall–Kier alpha value is -3.23. The molecular weight excluding hydrogens is 552 g/mol. The first-order chi connectivity index (χ1) is 15.8. The van der Waals surface area contributed by atoms with Crippen LogP contribution in [-0.2, 0) is 16.2 Å². The van der Waals surface area contributed by atoms with Gasteiger partial charge in [0.1, 0.15) is 17.9 Å². The van der Waals surface area contributed by atoms with Gasteiger partial charge in [-0.15, -0.1) is 0 Å². The molecule has 0 atom stereocenters. The van der Waals surface area contributed by atoms with E-state index in [0.29, 0.717) is 28.1 Å². The van der Waals surface area contributed by atoms with Gasteiger partial charge in [0.15, 0.2) is 0 Å². The van der Waals surface area contributed by atoms with Crippen LogP contribution in [0.1, 0.15) is 16.7 Å². The fourth-order valence-corrected chi connectivity index (χ4v) is 4.68. The molecule has 1 saturated heterocycles. The van der Waals surface area contributed by atoms with Gasteiger partial charge in [-0.25, -0.2) is 9.69 Å². The van der Waals surface area contributed by atoms with Gasteiger partial charge in [-0.05, 0) is 58.8 Å². The maximum Gasteiger partial charge on any atom is 0.335 e.